The Bertz CT molecular complexity index is 640. The average molecular weight is 362 g/mol. The Labute approximate surface area is 148 Å². The third-order valence-electron chi connectivity index (χ3n) is 4.46. The van der Waals surface area contributed by atoms with Crippen LogP contribution in [0.25, 0.3) is 0 Å². The standard InChI is InChI=1S/C18H23NO3SSi/c1-21-24(14-20,22-2)13-7-12-19-15-8-3-5-10-17(15)23-18-11-6-4-9-16(18)19/h3-6,8-11,20H,7,12-14H2,1-2H3. The number of para-hydroxylation sites is 2. The molecule has 1 N–H and O–H groups in total. The molecule has 0 spiro atoms. The molecule has 0 saturated heterocycles. The van der Waals surface area contributed by atoms with Crippen LogP contribution < -0.4 is 4.90 Å². The maximum absolute atomic E-state index is 9.62. The van der Waals surface area contributed by atoms with Crippen molar-refractivity contribution in [1.82, 2.24) is 0 Å². The van der Waals surface area contributed by atoms with Gasteiger partial charge in [0.2, 0.25) is 0 Å². The van der Waals surface area contributed by atoms with Crippen LogP contribution in [-0.4, -0.2) is 40.7 Å². The van der Waals surface area contributed by atoms with Crippen LogP contribution in [0.1, 0.15) is 6.42 Å². The molecule has 6 heteroatoms. The molecule has 1 aliphatic heterocycles. The van der Waals surface area contributed by atoms with Crippen LogP contribution in [0.15, 0.2) is 58.3 Å². The van der Waals surface area contributed by atoms with Crippen LogP contribution >= 0.6 is 11.8 Å². The average Bonchev–Trinajstić information content (AvgIpc) is 2.65. The number of anilines is 2. The van der Waals surface area contributed by atoms with Crippen molar-refractivity contribution >= 4 is 31.7 Å². The SMILES string of the molecule is CO[Si](CO)(CCCN1c2ccccc2Sc2ccccc21)OC. The van der Waals surface area contributed by atoms with Gasteiger partial charge in [-0.05, 0) is 36.7 Å². The molecule has 0 amide bonds. The highest BCUT2D eigenvalue weighted by atomic mass is 32.2. The number of benzene rings is 2. The number of aliphatic hydroxyl groups is 1. The van der Waals surface area contributed by atoms with Crippen molar-refractivity contribution in [3.05, 3.63) is 48.5 Å². The van der Waals surface area contributed by atoms with Crippen molar-refractivity contribution in [2.75, 3.05) is 31.9 Å². The fraction of sp³-hybridized carbons (Fsp3) is 0.333. The topological polar surface area (TPSA) is 41.9 Å². The second-order valence-electron chi connectivity index (χ2n) is 5.77. The van der Waals surface area contributed by atoms with E-state index in [2.05, 4.69) is 53.4 Å². The lowest BCUT2D eigenvalue weighted by atomic mass is 10.2. The molecule has 1 aliphatic rings. The predicted molar refractivity (Wildman–Crippen MR) is 100 cm³/mol. The molecule has 1 heterocycles. The zero-order chi connectivity index (χ0) is 17.0. The van der Waals surface area contributed by atoms with Gasteiger partial charge in [-0.1, -0.05) is 36.0 Å². The first kappa shape index (κ1) is 17.5. The first-order chi connectivity index (χ1) is 11.7. The Kier molecular flexibility index (Phi) is 5.63. The first-order valence-electron chi connectivity index (χ1n) is 8.07. The Balaban J connectivity index is 1.80. The minimum atomic E-state index is -2.46. The van der Waals surface area contributed by atoms with Crippen LogP contribution in [0.3, 0.4) is 0 Å². The van der Waals surface area contributed by atoms with Gasteiger partial charge < -0.3 is 18.9 Å². The van der Waals surface area contributed by atoms with Crippen LogP contribution in [0, 0.1) is 0 Å². The minimum absolute atomic E-state index is 0.0109. The summed E-state index contributed by atoms with van der Waals surface area (Å²) in [6, 6.07) is 17.8. The van der Waals surface area contributed by atoms with Crippen molar-refractivity contribution in [3.63, 3.8) is 0 Å². The van der Waals surface area contributed by atoms with E-state index in [-0.39, 0.29) is 6.23 Å². The van der Waals surface area contributed by atoms with Crippen molar-refractivity contribution in [1.29, 1.82) is 0 Å². The van der Waals surface area contributed by atoms with Crippen molar-refractivity contribution in [2.45, 2.75) is 22.3 Å². The lowest BCUT2D eigenvalue weighted by Gasteiger charge is -2.33. The molecule has 24 heavy (non-hydrogen) atoms. The van der Waals surface area contributed by atoms with Crippen molar-refractivity contribution in [2.24, 2.45) is 0 Å². The van der Waals surface area contributed by atoms with Gasteiger partial charge in [0.15, 0.2) is 0 Å². The van der Waals surface area contributed by atoms with E-state index in [1.165, 1.54) is 21.2 Å². The molecule has 3 rings (SSSR count). The monoisotopic (exact) mass is 361 g/mol. The fourth-order valence-electron chi connectivity index (χ4n) is 3.02. The zero-order valence-electron chi connectivity index (χ0n) is 14.1. The summed E-state index contributed by atoms with van der Waals surface area (Å²) < 4.78 is 11.0. The molecule has 2 aromatic carbocycles. The summed E-state index contributed by atoms with van der Waals surface area (Å²) in [5.41, 5.74) is 2.49. The van der Waals surface area contributed by atoms with Gasteiger partial charge in [0, 0.05) is 30.6 Å². The van der Waals surface area contributed by atoms with Gasteiger partial charge in [0.25, 0.3) is 0 Å². The van der Waals surface area contributed by atoms with E-state index >= 15 is 0 Å². The number of fused-ring (bicyclic) bond motifs is 2. The van der Waals surface area contributed by atoms with Crippen LogP contribution in [0.4, 0.5) is 11.4 Å². The molecule has 0 aromatic heterocycles. The summed E-state index contributed by atoms with van der Waals surface area (Å²) in [4.78, 5) is 4.92. The highest BCUT2D eigenvalue weighted by Crippen LogP contribution is 2.47. The third-order valence-corrected chi connectivity index (χ3v) is 8.67. The normalized spacial score (nSPS) is 13.5. The first-order valence-corrected chi connectivity index (χ1v) is 11.1. The molecular formula is C18H23NO3SSi. The number of aliphatic hydroxyl groups excluding tert-OH is 1. The molecule has 0 atom stereocenters. The van der Waals surface area contributed by atoms with Crippen LogP contribution in [0.5, 0.6) is 0 Å². The largest absolute Gasteiger partial charge is 0.396 e. The van der Waals surface area contributed by atoms with E-state index in [9.17, 15) is 5.11 Å². The molecule has 0 radical (unpaired) electrons. The lowest BCUT2D eigenvalue weighted by Crippen LogP contribution is -2.45. The van der Waals surface area contributed by atoms with Gasteiger partial charge in [-0.3, -0.25) is 0 Å². The summed E-state index contributed by atoms with van der Waals surface area (Å²) in [5, 5.41) is 9.62. The molecule has 0 unspecified atom stereocenters. The molecule has 0 saturated carbocycles. The minimum Gasteiger partial charge on any atom is -0.396 e. The van der Waals surface area contributed by atoms with Crippen molar-refractivity contribution in [3.8, 4) is 0 Å². The Morgan fingerprint density at radius 3 is 2.00 bits per heavy atom. The second kappa shape index (κ2) is 7.71. The van der Waals surface area contributed by atoms with E-state index in [4.69, 9.17) is 8.85 Å². The predicted octanol–water partition coefficient (Wildman–Crippen LogP) is 3.95. The van der Waals surface area contributed by atoms with E-state index < -0.39 is 8.56 Å². The van der Waals surface area contributed by atoms with Gasteiger partial charge >= 0.3 is 8.56 Å². The third kappa shape index (κ3) is 3.38. The number of nitrogens with zero attached hydrogens (tertiary/aromatic N) is 1. The lowest BCUT2D eigenvalue weighted by molar-refractivity contribution is 0.196. The van der Waals surface area contributed by atoms with E-state index in [1.54, 1.807) is 14.2 Å². The molecule has 2 aromatic rings. The molecule has 0 aliphatic carbocycles. The highest BCUT2D eigenvalue weighted by molar-refractivity contribution is 7.99. The van der Waals surface area contributed by atoms with Gasteiger partial charge in [0.1, 0.15) is 0 Å². The Morgan fingerprint density at radius 1 is 0.958 bits per heavy atom. The molecule has 0 bridgehead atoms. The maximum Gasteiger partial charge on any atom is 0.364 e. The summed E-state index contributed by atoms with van der Waals surface area (Å²) in [5.74, 6) is 0. The Hall–Kier alpha value is -1.31. The molecule has 0 fully saturated rings. The van der Waals surface area contributed by atoms with E-state index in [1.807, 2.05) is 11.8 Å². The summed E-state index contributed by atoms with van der Waals surface area (Å²) >= 11 is 1.82. The zero-order valence-corrected chi connectivity index (χ0v) is 15.9. The van der Waals surface area contributed by atoms with Crippen LogP contribution in [0.2, 0.25) is 6.04 Å². The maximum atomic E-state index is 9.62. The van der Waals surface area contributed by atoms with Crippen LogP contribution in [-0.2, 0) is 8.85 Å². The van der Waals surface area contributed by atoms with Gasteiger partial charge in [-0.15, -0.1) is 0 Å². The van der Waals surface area contributed by atoms with E-state index in [0.717, 1.165) is 19.0 Å². The van der Waals surface area contributed by atoms with Gasteiger partial charge in [0.05, 0.1) is 17.6 Å². The van der Waals surface area contributed by atoms with E-state index in [0.29, 0.717) is 0 Å². The highest BCUT2D eigenvalue weighted by Gasteiger charge is 2.34. The number of hydrogen-bond donors (Lipinski definition) is 1. The second-order valence-corrected chi connectivity index (χ2v) is 10.3. The summed E-state index contributed by atoms with van der Waals surface area (Å²) in [6.07, 6.45) is 0.894. The van der Waals surface area contributed by atoms with Gasteiger partial charge in [-0.25, -0.2) is 0 Å². The fourth-order valence-corrected chi connectivity index (χ4v) is 5.81. The number of hydrogen-bond acceptors (Lipinski definition) is 5. The smallest absolute Gasteiger partial charge is 0.364 e. The Morgan fingerprint density at radius 2 is 1.50 bits per heavy atom. The summed E-state index contributed by atoms with van der Waals surface area (Å²) in [6.45, 7) is 0.871. The summed E-state index contributed by atoms with van der Waals surface area (Å²) in [7, 11) is 0.805. The van der Waals surface area contributed by atoms with Crippen molar-refractivity contribution < 1.29 is 14.0 Å². The molecule has 4 nitrogen and oxygen atoms in total. The quantitative estimate of drug-likeness (QED) is 0.757. The number of rotatable bonds is 7. The molecule has 128 valence electrons. The van der Waals surface area contributed by atoms with Gasteiger partial charge in [-0.2, -0.15) is 0 Å². The molecular weight excluding hydrogens is 338 g/mol.